The number of nitrogens with one attached hydrogen (secondary N) is 2. The average Bonchev–Trinajstić information content (AvgIpc) is 2.48. The monoisotopic (exact) mass is 304 g/mol. The van der Waals surface area contributed by atoms with Crippen LogP contribution in [-0.4, -0.2) is 24.8 Å². The Morgan fingerprint density at radius 2 is 1.76 bits per heavy atom. The molecule has 0 amide bonds. The van der Waals surface area contributed by atoms with E-state index in [1.807, 2.05) is 62.5 Å². The Bertz CT molecular complexity index is 571. The van der Waals surface area contributed by atoms with Gasteiger partial charge in [0.1, 0.15) is 0 Å². The largest absolute Gasteiger partial charge is 0.389 e. The summed E-state index contributed by atoms with van der Waals surface area (Å²) in [6, 6.07) is 15.4. The number of benzene rings is 2. The van der Waals surface area contributed by atoms with Gasteiger partial charge in [0.05, 0.1) is 12.1 Å². The van der Waals surface area contributed by atoms with Crippen molar-refractivity contribution in [2.75, 3.05) is 18.9 Å². The Balaban J connectivity index is 2.28. The van der Waals surface area contributed by atoms with E-state index in [-0.39, 0.29) is 6.04 Å². The lowest BCUT2D eigenvalue weighted by Gasteiger charge is -2.26. The molecule has 0 aromatic heterocycles. The Labute approximate surface area is 131 Å². The van der Waals surface area contributed by atoms with E-state index >= 15 is 0 Å². The van der Waals surface area contributed by atoms with Gasteiger partial charge in [0, 0.05) is 17.3 Å². The van der Waals surface area contributed by atoms with Gasteiger partial charge in [0.15, 0.2) is 0 Å². The van der Waals surface area contributed by atoms with Crippen LogP contribution in [-0.2, 0) is 0 Å². The number of para-hydroxylation sites is 1. The Morgan fingerprint density at radius 1 is 1.10 bits per heavy atom. The Kier molecular flexibility index (Phi) is 5.62. The van der Waals surface area contributed by atoms with Gasteiger partial charge in [0.2, 0.25) is 0 Å². The summed E-state index contributed by atoms with van der Waals surface area (Å²) in [5.74, 6) is 0. The predicted octanol–water partition coefficient (Wildman–Crippen LogP) is 3.38. The first kappa shape index (κ1) is 15.8. The molecule has 3 N–H and O–H groups in total. The van der Waals surface area contributed by atoms with E-state index in [1.165, 1.54) is 0 Å². The van der Waals surface area contributed by atoms with Crippen molar-refractivity contribution >= 4 is 17.3 Å². The summed E-state index contributed by atoms with van der Waals surface area (Å²) in [5, 5.41) is 17.6. The number of aryl methyl sites for hydroxylation is 1. The number of anilines is 1. The second kappa shape index (κ2) is 7.46. The van der Waals surface area contributed by atoms with E-state index in [2.05, 4.69) is 10.6 Å². The molecule has 2 aromatic rings. The quantitative estimate of drug-likeness (QED) is 0.766. The molecule has 0 radical (unpaired) electrons. The van der Waals surface area contributed by atoms with Crippen LogP contribution >= 0.6 is 11.6 Å². The second-order valence-electron chi connectivity index (χ2n) is 5.11. The Hall–Kier alpha value is -1.55. The van der Waals surface area contributed by atoms with Gasteiger partial charge in [-0.2, -0.15) is 0 Å². The number of halogens is 1. The van der Waals surface area contributed by atoms with Crippen LogP contribution in [0.25, 0.3) is 0 Å². The van der Waals surface area contributed by atoms with Gasteiger partial charge in [-0.05, 0) is 43.3 Å². The van der Waals surface area contributed by atoms with Crippen LogP contribution in [0, 0.1) is 6.92 Å². The summed E-state index contributed by atoms with van der Waals surface area (Å²) >= 11 is 5.95. The summed E-state index contributed by atoms with van der Waals surface area (Å²) in [4.78, 5) is 0. The maximum atomic E-state index is 10.4. The highest BCUT2D eigenvalue weighted by Crippen LogP contribution is 2.26. The first-order valence-corrected chi connectivity index (χ1v) is 7.40. The molecule has 2 unspecified atom stereocenters. The van der Waals surface area contributed by atoms with Crippen molar-refractivity contribution in [3.05, 3.63) is 64.7 Å². The minimum absolute atomic E-state index is 0.198. The lowest BCUT2D eigenvalue weighted by atomic mass is 10.00. The second-order valence-corrected chi connectivity index (χ2v) is 5.55. The first-order valence-electron chi connectivity index (χ1n) is 7.02. The molecule has 0 fully saturated rings. The lowest BCUT2D eigenvalue weighted by Crippen LogP contribution is -2.34. The van der Waals surface area contributed by atoms with Crippen molar-refractivity contribution in [2.45, 2.75) is 19.1 Å². The summed E-state index contributed by atoms with van der Waals surface area (Å²) in [6.45, 7) is 2.55. The average molecular weight is 305 g/mol. The van der Waals surface area contributed by atoms with Gasteiger partial charge in [-0.25, -0.2) is 0 Å². The van der Waals surface area contributed by atoms with E-state index in [9.17, 15) is 5.11 Å². The third kappa shape index (κ3) is 4.21. The highest BCUT2D eigenvalue weighted by atomic mass is 35.5. The van der Waals surface area contributed by atoms with Crippen LogP contribution in [0.4, 0.5) is 5.69 Å². The number of likely N-dealkylation sites (N-methyl/N-ethyl adjacent to an activating group) is 1. The molecule has 4 heteroatoms. The van der Waals surface area contributed by atoms with Crippen LogP contribution in [0.3, 0.4) is 0 Å². The number of aliphatic hydroxyl groups excluding tert-OH is 1. The fourth-order valence-corrected chi connectivity index (χ4v) is 2.43. The molecule has 2 aromatic carbocycles. The number of hydrogen-bond acceptors (Lipinski definition) is 3. The van der Waals surface area contributed by atoms with Gasteiger partial charge in [-0.3, -0.25) is 0 Å². The highest BCUT2D eigenvalue weighted by molar-refractivity contribution is 6.30. The third-order valence-electron chi connectivity index (χ3n) is 3.48. The fourth-order valence-electron chi connectivity index (χ4n) is 2.30. The van der Waals surface area contributed by atoms with Crippen molar-refractivity contribution in [3.8, 4) is 0 Å². The minimum Gasteiger partial charge on any atom is -0.389 e. The molecule has 0 aliphatic rings. The molecule has 3 nitrogen and oxygen atoms in total. The molecule has 0 saturated heterocycles. The summed E-state index contributed by atoms with van der Waals surface area (Å²) in [7, 11) is 1.83. The molecule has 0 aliphatic carbocycles. The third-order valence-corrected chi connectivity index (χ3v) is 3.74. The normalized spacial score (nSPS) is 13.7. The molecule has 2 atom stereocenters. The van der Waals surface area contributed by atoms with Crippen LogP contribution < -0.4 is 10.6 Å². The summed E-state index contributed by atoms with van der Waals surface area (Å²) in [6.07, 6.45) is -0.546. The van der Waals surface area contributed by atoms with E-state index < -0.39 is 6.10 Å². The molecule has 112 valence electrons. The maximum Gasteiger partial charge on any atom is 0.0907 e. The molecular weight excluding hydrogens is 284 g/mol. The van der Waals surface area contributed by atoms with Crippen molar-refractivity contribution < 1.29 is 5.11 Å². The zero-order chi connectivity index (χ0) is 15.2. The molecule has 2 rings (SSSR count). The molecule has 0 spiro atoms. The van der Waals surface area contributed by atoms with E-state index in [0.717, 1.165) is 16.8 Å². The van der Waals surface area contributed by atoms with Crippen molar-refractivity contribution in [1.29, 1.82) is 0 Å². The maximum absolute atomic E-state index is 10.4. The predicted molar refractivity (Wildman–Crippen MR) is 88.9 cm³/mol. The smallest absolute Gasteiger partial charge is 0.0907 e. The number of hydrogen-bond donors (Lipinski definition) is 3. The molecule has 0 aliphatic heterocycles. The zero-order valence-corrected chi connectivity index (χ0v) is 13.1. The van der Waals surface area contributed by atoms with E-state index in [4.69, 9.17) is 11.6 Å². The topological polar surface area (TPSA) is 44.3 Å². The van der Waals surface area contributed by atoms with Gasteiger partial charge in [-0.15, -0.1) is 0 Å². The number of aliphatic hydroxyl groups is 1. The fraction of sp³-hybridized carbons (Fsp3) is 0.294. The van der Waals surface area contributed by atoms with Gasteiger partial charge >= 0.3 is 0 Å². The highest BCUT2D eigenvalue weighted by Gasteiger charge is 2.21. The SMILES string of the molecule is CNCC(O)C(Nc1ccccc1C)c1ccc(Cl)cc1. The van der Waals surface area contributed by atoms with Crippen LogP contribution in [0.2, 0.25) is 5.02 Å². The summed E-state index contributed by atoms with van der Waals surface area (Å²) < 4.78 is 0. The van der Waals surface area contributed by atoms with Crippen LogP contribution in [0.15, 0.2) is 48.5 Å². The minimum atomic E-state index is -0.546. The molecular formula is C17H21ClN2O. The zero-order valence-electron chi connectivity index (χ0n) is 12.3. The molecule has 0 saturated carbocycles. The molecule has 21 heavy (non-hydrogen) atoms. The van der Waals surface area contributed by atoms with Gasteiger partial charge in [-0.1, -0.05) is 41.9 Å². The molecule has 0 bridgehead atoms. The number of rotatable bonds is 6. The van der Waals surface area contributed by atoms with Crippen LogP contribution in [0.5, 0.6) is 0 Å². The van der Waals surface area contributed by atoms with Gasteiger partial charge in [0.25, 0.3) is 0 Å². The van der Waals surface area contributed by atoms with E-state index in [1.54, 1.807) is 0 Å². The van der Waals surface area contributed by atoms with Crippen molar-refractivity contribution in [3.63, 3.8) is 0 Å². The van der Waals surface area contributed by atoms with Gasteiger partial charge < -0.3 is 15.7 Å². The lowest BCUT2D eigenvalue weighted by molar-refractivity contribution is 0.152. The van der Waals surface area contributed by atoms with E-state index in [0.29, 0.717) is 11.6 Å². The summed E-state index contributed by atoms with van der Waals surface area (Å²) in [5.41, 5.74) is 3.17. The van der Waals surface area contributed by atoms with Crippen LogP contribution in [0.1, 0.15) is 17.2 Å². The van der Waals surface area contributed by atoms with Crippen molar-refractivity contribution in [2.24, 2.45) is 0 Å². The Morgan fingerprint density at radius 3 is 2.38 bits per heavy atom. The standard InChI is InChI=1S/C17H21ClN2O/c1-12-5-3-4-6-15(12)20-17(16(21)11-19-2)13-7-9-14(18)10-8-13/h3-10,16-17,19-21H,11H2,1-2H3. The first-order chi connectivity index (χ1) is 10.1. The molecule has 0 heterocycles. The van der Waals surface area contributed by atoms with Crippen molar-refractivity contribution in [1.82, 2.24) is 5.32 Å².